The van der Waals surface area contributed by atoms with E-state index in [2.05, 4.69) is 4.98 Å². The van der Waals surface area contributed by atoms with E-state index >= 15 is 0 Å². The van der Waals surface area contributed by atoms with Crippen LogP contribution in [0.25, 0.3) is 16.8 Å². The Hall–Kier alpha value is -5.18. The molecule has 4 aliphatic rings. The van der Waals surface area contributed by atoms with Gasteiger partial charge in [-0.05, 0) is 79.6 Å². The second-order valence-electron chi connectivity index (χ2n) is 13.8. The monoisotopic (exact) mass is 655 g/mol. The lowest BCUT2D eigenvalue weighted by Gasteiger charge is -2.27. The van der Waals surface area contributed by atoms with Crippen LogP contribution in [0.2, 0.25) is 0 Å². The van der Waals surface area contributed by atoms with E-state index in [1.54, 1.807) is 0 Å². The summed E-state index contributed by atoms with van der Waals surface area (Å²) in [6.45, 7) is 7.43. The molecule has 0 aliphatic carbocycles. The lowest BCUT2D eigenvalue weighted by atomic mass is 9.98. The highest BCUT2D eigenvalue weighted by Gasteiger charge is 2.36. The van der Waals surface area contributed by atoms with Gasteiger partial charge in [0.05, 0.1) is 29.9 Å². The van der Waals surface area contributed by atoms with Crippen molar-refractivity contribution in [3.05, 3.63) is 96.1 Å². The highest BCUT2D eigenvalue weighted by Crippen LogP contribution is 2.48. The number of allylic oxidation sites excluding steroid dienone is 1. The Morgan fingerprint density at radius 2 is 1.45 bits per heavy atom. The van der Waals surface area contributed by atoms with Gasteiger partial charge in [0.15, 0.2) is 23.0 Å². The van der Waals surface area contributed by atoms with Crippen molar-refractivity contribution >= 4 is 23.1 Å². The van der Waals surface area contributed by atoms with Gasteiger partial charge in [-0.15, -0.1) is 0 Å². The number of likely N-dealkylation sites (tertiary alicyclic amines) is 2. The number of fused-ring (bicyclic) bond motifs is 2. The Morgan fingerprint density at radius 1 is 0.796 bits per heavy atom. The zero-order chi connectivity index (χ0) is 33.6. The number of hydrogen-bond acceptors (Lipinski definition) is 6. The minimum atomic E-state index is -0.210. The average Bonchev–Trinajstić information content (AvgIpc) is 3.96. The third-order valence-corrected chi connectivity index (χ3v) is 10.3. The Morgan fingerprint density at radius 3 is 2.16 bits per heavy atom. The van der Waals surface area contributed by atoms with Crippen LogP contribution in [0.5, 0.6) is 23.0 Å². The molecule has 2 amide bonds. The first-order chi connectivity index (χ1) is 23.8. The molecule has 0 bridgehead atoms. The van der Waals surface area contributed by atoms with Crippen LogP contribution in [-0.2, 0) is 9.59 Å². The fraction of sp³-hybridized carbons (Fsp3) is 0.350. The van der Waals surface area contributed by atoms with Gasteiger partial charge in [0.1, 0.15) is 5.82 Å². The predicted octanol–water partition coefficient (Wildman–Crippen LogP) is 8.27. The molecule has 0 saturated carbocycles. The van der Waals surface area contributed by atoms with Crippen molar-refractivity contribution in [2.24, 2.45) is 10.9 Å². The number of rotatable bonds is 7. The highest BCUT2D eigenvalue weighted by molar-refractivity contribution is 6.03. The Bertz CT molecular complexity index is 1980. The SMILES string of the molecule is CC(C)C(=O)N1CCC[C@H]1C1=NC=C(c2ccc3c(c2)Oc2ccc(-c4cnc([C@@H]5CCCN5C(=O)[C@H](C)c5ccccc5)[nH]4)cc2O3)C1. The van der Waals surface area contributed by atoms with Gasteiger partial charge in [0.25, 0.3) is 0 Å². The molecule has 1 N–H and O–H groups in total. The van der Waals surface area contributed by atoms with Crippen LogP contribution < -0.4 is 9.47 Å². The van der Waals surface area contributed by atoms with Crippen molar-refractivity contribution in [1.82, 2.24) is 19.8 Å². The average molecular weight is 656 g/mol. The first-order valence-corrected chi connectivity index (χ1v) is 17.4. The lowest BCUT2D eigenvalue weighted by Crippen LogP contribution is -2.42. The fourth-order valence-corrected chi connectivity index (χ4v) is 7.59. The largest absolute Gasteiger partial charge is 0.449 e. The maximum absolute atomic E-state index is 13.5. The minimum Gasteiger partial charge on any atom is -0.449 e. The van der Waals surface area contributed by atoms with Crippen LogP contribution in [-0.4, -0.2) is 56.4 Å². The van der Waals surface area contributed by atoms with Crippen LogP contribution >= 0.6 is 0 Å². The molecule has 4 aliphatic heterocycles. The molecule has 9 heteroatoms. The van der Waals surface area contributed by atoms with Gasteiger partial charge in [-0.25, -0.2) is 4.98 Å². The summed E-state index contributed by atoms with van der Waals surface area (Å²) >= 11 is 0. The summed E-state index contributed by atoms with van der Waals surface area (Å²) in [4.78, 5) is 43.3. The van der Waals surface area contributed by atoms with E-state index in [0.29, 0.717) is 23.0 Å². The molecule has 0 radical (unpaired) electrons. The number of imidazole rings is 1. The molecule has 0 unspecified atom stereocenters. The van der Waals surface area contributed by atoms with Crippen LogP contribution in [0.3, 0.4) is 0 Å². The van der Waals surface area contributed by atoms with E-state index in [9.17, 15) is 9.59 Å². The topological polar surface area (TPSA) is 100 Å². The summed E-state index contributed by atoms with van der Waals surface area (Å²) in [5.41, 5.74) is 6.01. The van der Waals surface area contributed by atoms with Gasteiger partial charge >= 0.3 is 0 Å². The lowest BCUT2D eigenvalue weighted by molar-refractivity contribution is -0.134. The molecule has 8 rings (SSSR count). The number of benzene rings is 3. The van der Waals surface area contributed by atoms with Gasteiger partial charge in [0.2, 0.25) is 11.8 Å². The maximum Gasteiger partial charge on any atom is 0.230 e. The Balaban J connectivity index is 0.943. The first kappa shape index (κ1) is 31.1. The maximum atomic E-state index is 13.5. The van der Waals surface area contributed by atoms with Crippen molar-refractivity contribution in [1.29, 1.82) is 0 Å². The van der Waals surface area contributed by atoms with Crippen molar-refractivity contribution in [2.45, 2.75) is 70.9 Å². The van der Waals surface area contributed by atoms with Crippen molar-refractivity contribution in [3.63, 3.8) is 0 Å². The van der Waals surface area contributed by atoms with E-state index in [1.165, 1.54) is 0 Å². The number of nitrogens with zero attached hydrogens (tertiary/aromatic N) is 4. The number of aliphatic imine (C=N–C) groups is 1. The van der Waals surface area contributed by atoms with Crippen LogP contribution in [0.15, 0.2) is 84.1 Å². The number of amides is 2. The second kappa shape index (κ2) is 12.7. The number of ether oxygens (including phenoxy) is 2. The normalized spacial score (nSPS) is 20.3. The summed E-state index contributed by atoms with van der Waals surface area (Å²) in [7, 11) is 0. The summed E-state index contributed by atoms with van der Waals surface area (Å²) in [5, 5.41) is 0. The summed E-state index contributed by atoms with van der Waals surface area (Å²) in [5.74, 6) is 3.48. The number of H-pyrrole nitrogens is 1. The molecule has 9 nitrogen and oxygen atoms in total. The molecular weight excluding hydrogens is 614 g/mol. The smallest absolute Gasteiger partial charge is 0.230 e. The molecule has 0 spiro atoms. The van der Waals surface area contributed by atoms with Gasteiger partial charge in [-0.3, -0.25) is 14.6 Å². The van der Waals surface area contributed by atoms with E-state index in [-0.39, 0.29) is 35.7 Å². The van der Waals surface area contributed by atoms with Crippen LogP contribution in [0.4, 0.5) is 0 Å². The quantitative estimate of drug-likeness (QED) is 0.190. The van der Waals surface area contributed by atoms with Crippen molar-refractivity contribution < 1.29 is 19.1 Å². The Kier molecular flexibility index (Phi) is 8.06. The van der Waals surface area contributed by atoms with Crippen LogP contribution in [0, 0.1) is 5.92 Å². The van der Waals surface area contributed by atoms with E-state index in [0.717, 1.165) is 84.7 Å². The number of carbonyl (C=O) groups is 2. The molecule has 250 valence electrons. The summed E-state index contributed by atoms with van der Waals surface area (Å²) < 4.78 is 12.7. The standard InChI is InChI=1S/C40H41N5O4/c1-24(2)39(46)44-17-7-11-32(44)30-19-29(22-41-30)27-13-15-34-36(20-27)48-35-16-14-28(21-37(35)49-34)31-23-42-38(43-31)33-12-8-18-45(33)40(47)25(3)26-9-5-4-6-10-26/h4-6,9-10,13-16,20-25,32-33H,7-8,11-12,17-19H2,1-3H3,(H,42,43)/t25-,32+,33+/m1/s1. The molecule has 2 saturated heterocycles. The summed E-state index contributed by atoms with van der Waals surface area (Å²) in [6, 6.07) is 21.8. The minimum absolute atomic E-state index is 0.0158. The van der Waals surface area contributed by atoms with E-state index in [4.69, 9.17) is 19.5 Å². The second-order valence-corrected chi connectivity index (χ2v) is 13.8. The zero-order valence-corrected chi connectivity index (χ0v) is 28.2. The van der Waals surface area contributed by atoms with Crippen LogP contribution in [0.1, 0.15) is 81.8 Å². The molecule has 49 heavy (non-hydrogen) atoms. The van der Waals surface area contributed by atoms with Crippen molar-refractivity contribution in [2.75, 3.05) is 13.1 Å². The number of carbonyl (C=O) groups excluding carboxylic acids is 2. The Labute approximate surface area is 286 Å². The first-order valence-electron chi connectivity index (χ1n) is 17.4. The third kappa shape index (κ3) is 5.81. The molecular formula is C40H41N5O4. The number of hydrogen-bond donors (Lipinski definition) is 1. The third-order valence-electron chi connectivity index (χ3n) is 10.3. The molecule has 4 aromatic rings. The summed E-state index contributed by atoms with van der Waals surface area (Å²) in [6.07, 6.45) is 8.28. The van der Waals surface area contributed by atoms with Crippen molar-refractivity contribution in [3.8, 4) is 34.3 Å². The van der Waals surface area contributed by atoms with E-state index < -0.39 is 0 Å². The predicted molar refractivity (Wildman–Crippen MR) is 189 cm³/mol. The number of aromatic nitrogens is 2. The molecule has 3 atom stereocenters. The van der Waals surface area contributed by atoms with Gasteiger partial charge in [0, 0.05) is 42.9 Å². The van der Waals surface area contributed by atoms with Gasteiger partial charge in [-0.2, -0.15) is 0 Å². The highest BCUT2D eigenvalue weighted by atomic mass is 16.6. The number of aromatic amines is 1. The molecule has 5 heterocycles. The molecule has 1 aromatic heterocycles. The molecule has 2 fully saturated rings. The van der Waals surface area contributed by atoms with Gasteiger partial charge < -0.3 is 24.3 Å². The van der Waals surface area contributed by atoms with Gasteiger partial charge in [-0.1, -0.05) is 50.2 Å². The fourth-order valence-electron chi connectivity index (χ4n) is 7.59. The number of nitrogens with one attached hydrogen (secondary N) is 1. The molecule has 3 aromatic carbocycles. The van der Waals surface area contributed by atoms with E-state index in [1.807, 2.05) is 110 Å². The zero-order valence-electron chi connectivity index (χ0n) is 28.2.